The molecule has 1 aromatic heterocycles. The number of hydrogen-bond acceptors (Lipinski definition) is 6. The van der Waals surface area contributed by atoms with E-state index >= 15 is 0 Å². The number of methoxy groups -OCH3 is 1. The van der Waals surface area contributed by atoms with E-state index < -0.39 is 24.5 Å². The number of ether oxygens (including phenoxy) is 2. The summed E-state index contributed by atoms with van der Waals surface area (Å²) in [5.41, 5.74) is 1.24. The number of amides is 1. The van der Waals surface area contributed by atoms with E-state index in [0.29, 0.717) is 5.52 Å². The van der Waals surface area contributed by atoms with Crippen molar-refractivity contribution in [2.24, 2.45) is 0 Å². The van der Waals surface area contributed by atoms with Crippen LogP contribution in [0.1, 0.15) is 20.8 Å². The number of aromatic nitrogens is 1. The maximum absolute atomic E-state index is 12.1. The lowest BCUT2D eigenvalue weighted by Gasteiger charge is -2.10. The number of pyridine rings is 1. The molecule has 27 heavy (non-hydrogen) atoms. The summed E-state index contributed by atoms with van der Waals surface area (Å²) in [6.45, 7) is -0.511. The van der Waals surface area contributed by atoms with Crippen LogP contribution in [-0.2, 0) is 14.3 Å². The molecule has 7 heteroatoms. The maximum Gasteiger partial charge on any atom is 0.357 e. The third kappa shape index (κ3) is 4.27. The first-order chi connectivity index (χ1) is 13.1. The highest BCUT2D eigenvalue weighted by molar-refractivity contribution is 6.02. The van der Waals surface area contributed by atoms with Crippen LogP contribution in [0.3, 0.4) is 0 Å². The zero-order valence-corrected chi connectivity index (χ0v) is 14.5. The molecule has 1 heterocycles. The van der Waals surface area contributed by atoms with Crippen molar-refractivity contribution in [1.29, 1.82) is 0 Å². The van der Waals surface area contributed by atoms with Gasteiger partial charge in [-0.05, 0) is 24.3 Å². The van der Waals surface area contributed by atoms with E-state index in [1.54, 1.807) is 30.3 Å². The predicted molar refractivity (Wildman–Crippen MR) is 98.4 cm³/mol. The third-order valence-corrected chi connectivity index (χ3v) is 3.75. The van der Waals surface area contributed by atoms with Crippen molar-refractivity contribution < 1.29 is 23.9 Å². The quantitative estimate of drug-likeness (QED) is 0.700. The van der Waals surface area contributed by atoms with Crippen LogP contribution in [0.15, 0.2) is 60.7 Å². The highest BCUT2D eigenvalue weighted by Crippen LogP contribution is 2.16. The Labute approximate surface area is 154 Å². The Morgan fingerprint density at radius 1 is 0.926 bits per heavy atom. The first kappa shape index (κ1) is 18.1. The average Bonchev–Trinajstić information content (AvgIpc) is 2.71. The number of nitrogens with zero attached hydrogens (tertiary/aromatic N) is 1. The van der Waals surface area contributed by atoms with Crippen molar-refractivity contribution >= 4 is 34.4 Å². The first-order valence-electron chi connectivity index (χ1n) is 8.08. The molecule has 1 N–H and O–H groups in total. The second-order valence-corrected chi connectivity index (χ2v) is 5.55. The Kier molecular flexibility index (Phi) is 5.41. The number of hydrogen-bond donors (Lipinski definition) is 1. The smallest absolute Gasteiger partial charge is 0.357 e. The second kappa shape index (κ2) is 8.09. The fraction of sp³-hybridized carbons (Fsp3) is 0.100. The van der Waals surface area contributed by atoms with Gasteiger partial charge in [-0.1, -0.05) is 36.4 Å². The lowest BCUT2D eigenvalue weighted by molar-refractivity contribution is -0.119. The molecule has 0 unspecified atom stereocenters. The minimum Gasteiger partial charge on any atom is -0.465 e. The van der Waals surface area contributed by atoms with E-state index in [9.17, 15) is 14.4 Å². The molecule has 0 spiro atoms. The Hall–Kier alpha value is -3.74. The summed E-state index contributed by atoms with van der Waals surface area (Å²) in [7, 11) is 1.25. The van der Waals surface area contributed by atoms with Gasteiger partial charge >= 0.3 is 11.9 Å². The summed E-state index contributed by atoms with van der Waals surface area (Å²) >= 11 is 0. The number of benzene rings is 2. The number of carbonyl (C=O) groups is 3. The molecular formula is C20H16N2O5. The van der Waals surface area contributed by atoms with Gasteiger partial charge in [-0.15, -0.1) is 0 Å². The number of carbonyl (C=O) groups excluding carboxylic acids is 3. The lowest BCUT2D eigenvalue weighted by Crippen LogP contribution is -2.22. The van der Waals surface area contributed by atoms with E-state index in [-0.39, 0.29) is 16.9 Å². The van der Waals surface area contributed by atoms with Crippen LogP contribution >= 0.6 is 0 Å². The molecule has 0 saturated carbocycles. The molecule has 0 bridgehead atoms. The van der Waals surface area contributed by atoms with Crippen molar-refractivity contribution in [3.8, 4) is 0 Å². The van der Waals surface area contributed by atoms with Gasteiger partial charge in [-0.25, -0.2) is 14.6 Å². The maximum atomic E-state index is 12.1. The standard InChI is InChI=1S/C20H16N2O5/c1-26-19(24)14-7-3-5-9-16(14)22-18(23)12-27-20(25)17-11-10-13-6-2-4-8-15(13)21-17/h2-11H,12H2,1H3,(H,22,23). The van der Waals surface area contributed by atoms with Crippen LogP contribution in [0.5, 0.6) is 0 Å². The van der Waals surface area contributed by atoms with Crippen LogP contribution in [0.25, 0.3) is 10.9 Å². The monoisotopic (exact) mass is 364 g/mol. The number of esters is 2. The molecule has 7 nitrogen and oxygen atoms in total. The second-order valence-electron chi connectivity index (χ2n) is 5.55. The minimum atomic E-state index is -0.711. The van der Waals surface area contributed by atoms with Gasteiger partial charge in [-0.2, -0.15) is 0 Å². The molecule has 0 fully saturated rings. The Bertz CT molecular complexity index is 1020. The molecule has 1 amide bonds. The topological polar surface area (TPSA) is 94.6 Å². The zero-order chi connectivity index (χ0) is 19.2. The van der Waals surface area contributed by atoms with Gasteiger partial charge in [0.25, 0.3) is 5.91 Å². The summed E-state index contributed by atoms with van der Waals surface area (Å²) < 4.78 is 9.67. The first-order valence-corrected chi connectivity index (χ1v) is 8.08. The van der Waals surface area contributed by atoms with Gasteiger partial charge in [-0.3, -0.25) is 4.79 Å². The Morgan fingerprint density at radius 3 is 2.48 bits per heavy atom. The number of anilines is 1. The summed E-state index contributed by atoms with van der Waals surface area (Å²) in [5, 5.41) is 3.42. The van der Waals surface area contributed by atoms with E-state index in [2.05, 4.69) is 15.0 Å². The van der Waals surface area contributed by atoms with E-state index in [1.165, 1.54) is 19.2 Å². The van der Waals surface area contributed by atoms with Crippen LogP contribution < -0.4 is 5.32 Å². The molecule has 0 aliphatic heterocycles. The number of nitrogens with one attached hydrogen (secondary N) is 1. The molecule has 0 aliphatic carbocycles. The number of para-hydroxylation sites is 2. The van der Waals surface area contributed by atoms with E-state index in [1.807, 2.05) is 18.2 Å². The molecule has 0 atom stereocenters. The van der Waals surface area contributed by atoms with Crippen molar-refractivity contribution in [2.75, 3.05) is 19.0 Å². The SMILES string of the molecule is COC(=O)c1ccccc1NC(=O)COC(=O)c1ccc2ccccc2n1. The van der Waals surface area contributed by atoms with Crippen molar-refractivity contribution in [3.05, 3.63) is 71.9 Å². The third-order valence-electron chi connectivity index (χ3n) is 3.75. The average molecular weight is 364 g/mol. The number of rotatable bonds is 5. The fourth-order valence-corrected chi connectivity index (χ4v) is 2.45. The molecule has 136 valence electrons. The van der Waals surface area contributed by atoms with Gasteiger partial charge in [0.15, 0.2) is 6.61 Å². The van der Waals surface area contributed by atoms with Crippen molar-refractivity contribution in [3.63, 3.8) is 0 Å². The van der Waals surface area contributed by atoms with Crippen LogP contribution in [0.2, 0.25) is 0 Å². The summed E-state index contributed by atoms with van der Waals surface area (Å²) in [4.78, 5) is 40.1. The zero-order valence-electron chi connectivity index (χ0n) is 14.5. The normalized spacial score (nSPS) is 10.3. The van der Waals surface area contributed by atoms with Gasteiger partial charge in [0.1, 0.15) is 5.69 Å². The summed E-state index contributed by atoms with van der Waals surface area (Å²) in [5.74, 6) is -1.87. The van der Waals surface area contributed by atoms with E-state index in [0.717, 1.165) is 5.39 Å². The molecular weight excluding hydrogens is 348 g/mol. The molecule has 0 radical (unpaired) electrons. The van der Waals surface area contributed by atoms with Gasteiger partial charge < -0.3 is 14.8 Å². The van der Waals surface area contributed by atoms with Gasteiger partial charge in [0, 0.05) is 5.39 Å². The largest absolute Gasteiger partial charge is 0.465 e. The minimum absolute atomic E-state index is 0.108. The summed E-state index contributed by atoms with van der Waals surface area (Å²) in [6.07, 6.45) is 0. The van der Waals surface area contributed by atoms with Crippen LogP contribution in [0.4, 0.5) is 5.69 Å². The van der Waals surface area contributed by atoms with Gasteiger partial charge in [0.05, 0.1) is 23.9 Å². The molecule has 0 saturated heterocycles. The predicted octanol–water partition coefficient (Wildman–Crippen LogP) is 2.82. The molecule has 2 aromatic carbocycles. The van der Waals surface area contributed by atoms with Gasteiger partial charge in [0.2, 0.25) is 0 Å². The Balaban J connectivity index is 1.63. The molecule has 0 aliphatic rings. The van der Waals surface area contributed by atoms with Crippen molar-refractivity contribution in [1.82, 2.24) is 4.98 Å². The number of fused-ring (bicyclic) bond motifs is 1. The highest BCUT2D eigenvalue weighted by Gasteiger charge is 2.15. The van der Waals surface area contributed by atoms with Crippen LogP contribution in [-0.4, -0.2) is 36.5 Å². The highest BCUT2D eigenvalue weighted by atomic mass is 16.5. The van der Waals surface area contributed by atoms with E-state index in [4.69, 9.17) is 4.74 Å². The molecule has 3 aromatic rings. The van der Waals surface area contributed by atoms with Crippen molar-refractivity contribution in [2.45, 2.75) is 0 Å². The fourth-order valence-electron chi connectivity index (χ4n) is 2.45. The van der Waals surface area contributed by atoms with Crippen LogP contribution in [0, 0.1) is 0 Å². The molecule has 3 rings (SSSR count). The Morgan fingerprint density at radius 2 is 1.67 bits per heavy atom. The lowest BCUT2D eigenvalue weighted by atomic mass is 10.2. The summed E-state index contributed by atoms with van der Waals surface area (Å²) in [6, 6.07) is 17.0.